The largest absolute Gasteiger partial charge is 0.499 e. The first-order valence-corrected chi connectivity index (χ1v) is 4.55. The molecule has 0 aliphatic heterocycles. The van der Waals surface area contributed by atoms with Crippen molar-refractivity contribution < 1.29 is 19.0 Å². The zero-order valence-corrected chi connectivity index (χ0v) is 8.81. The molecule has 0 bridgehead atoms. The van der Waals surface area contributed by atoms with Crippen molar-refractivity contribution in [2.24, 2.45) is 0 Å². The van der Waals surface area contributed by atoms with Gasteiger partial charge in [0.05, 0.1) is 14.2 Å². The Morgan fingerprint density at radius 1 is 1.25 bits per heavy atom. The molecule has 1 heterocycles. The zero-order chi connectivity index (χ0) is 11.7. The smallest absolute Gasteiger partial charge is 0.382 e. The molecular weight excluding hydrogens is 212 g/mol. The second kappa shape index (κ2) is 3.77. The maximum absolute atomic E-state index is 11.3. The Morgan fingerprint density at radius 3 is 2.62 bits per heavy atom. The van der Waals surface area contributed by atoms with Crippen LogP contribution in [0.25, 0.3) is 11.0 Å². The first-order valence-electron chi connectivity index (χ1n) is 4.55. The summed E-state index contributed by atoms with van der Waals surface area (Å²) in [6, 6.07) is 4.96. The molecule has 5 heteroatoms. The van der Waals surface area contributed by atoms with Crippen molar-refractivity contribution in [3.05, 3.63) is 28.6 Å². The molecule has 0 saturated heterocycles. The van der Waals surface area contributed by atoms with Gasteiger partial charge in [-0.15, -0.1) is 0 Å². The van der Waals surface area contributed by atoms with Gasteiger partial charge in [-0.25, -0.2) is 4.79 Å². The summed E-state index contributed by atoms with van der Waals surface area (Å²) in [6.07, 6.45) is 0. The highest BCUT2D eigenvalue weighted by atomic mass is 16.5. The molecule has 0 atom stereocenters. The van der Waals surface area contributed by atoms with Crippen molar-refractivity contribution in [3.63, 3.8) is 0 Å². The third kappa shape index (κ3) is 1.37. The SMILES string of the molecule is COc1cccc2oc(=O)c(O)c(OC)c12. The van der Waals surface area contributed by atoms with Crippen molar-refractivity contribution in [1.82, 2.24) is 0 Å². The van der Waals surface area contributed by atoms with E-state index in [9.17, 15) is 9.90 Å². The molecule has 2 aromatic rings. The van der Waals surface area contributed by atoms with Crippen LogP contribution in [-0.2, 0) is 0 Å². The Hall–Kier alpha value is -2.17. The Balaban J connectivity index is 2.98. The van der Waals surface area contributed by atoms with Crippen LogP contribution in [0.1, 0.15) is 0 Å². The van der Waals surface area contributed by atoms with E-state index in [4.69, 9.17) is 13.9 Å². The van der Waals surface area contributed by atoms with E-state index in [1.165, 1.54) is 14.2 Å². The van der Waals surface area contributed by atoms with Crippen LogP contribution in [0.2, 0.25) is 0 Å². The van der Waals surface area contributed by atoms with Gasteiger partial charge < -0.3 is 19.0 Å². The predicted molar refractivity (Wildman–Crippen MR) is 57.3 cm³/mol. The molecule has 0 aliphatic rings. The Bertz CT molecular complexity index is 585. The van der Waals surface area contributed by atoms with Crippen molar-refractivity contribution in [1.29, 1.82) is 0 Å². The second-order valence-corrected chi connectivity index (χ2v) is 3.10. The van der Waals surface area contributed by atoms with Gasteiger partial charge in [-0.1, -0.05) is 6.07 Å². The van der Waals surface area contributed by atoms with Crippen LogP contribution < -0.4 is 15.1 Å². The average molecular weight is 222 g/mol. The van der Waals surface area contributed by atoms with Crippen molar-refractivity contribution in [2.45, 2.75) is 0 Å². The lowest BCUT2D eigenvalue weighted by atomic mass is 10.2. The van der Waals surface area contributed by atoms with E-state index < -0.39 is 11.4 Å². The fourth-order valence-electron chi connectivity index (χ4n) is 1.55. The van der Waals surface area contributed by atoms with Crippen LogP contribution in [0.5, 0.6) is 17.2 Å². The lowest BCUT2D eigenvalue weighted by molar-refractivity contribution is 0.354. The topological polar surface area (TPSA) is 68.9 Å². The minimum atomic E-state index is -0.836. The van der Waals surface area contributed by atoms with Gasteiger partial charge in [0, 0.05) is 0 Å². The molecule has 2 rings (SSSR count). The van der Waals surface area contributed by atoms with Crippen molar-refractivity contribution in [3.8, 4) is 17.2 Å². The molecule has 0 saturated carbocycles. The summed E-state index contributed by atoms with van der Waals surface area (Å²) in [5, 5.41) is 9.96. The first kappa shape index (κ1) is 10.4. The van der Waals surface area contributed by atoms with Crippen molar-refractivity contribution >= 4 is 11.0 Å². The molecule has 16 heavy (non-hydrogen) atoms. The Morgan fingerprint density at radius 2 is 2.00 bits per heavy atom. The number of hydrogen-bond acceptors (Lipinski definition) is 5. The van der Waals surface area contributed by atoms with Crippen LogP contribution in [0.15, 0.2) is 27.4 Å². The van der Waals surface area contributed by atoms with Gasteiger partial charge in [0.25, 0.3) is 0 Å². The highest BCUT2D eigenvalue weighted by molar-refractivity contribution is 5.91. The fourth-order valence-corrected chi connectivity index (χ4v) is 1.55. The number of benzene rings is 1. The van der Waals surface area contributed by atoms with Crippen LogP contribution in [0.3, 0.4) is 0 Å². The molecule has 0 aliphatic carbocycles. The average Bonchev–Trinajstić information content (AvgIpc) is 2.30. The molecule has 0 fully saturated rings. The third-order valence-corrected chi connectivity index (χ3v) is 2.25. The van der Waals surface area contributed by atoms with Gasteiger partial charge in [-0.05, 0) is 12.1 Å². The maximum Gasteiger partial charge on any atom is 0.382 e. The summed E-state index contributed by atoms with van der Waals surface area (Å²) in [5.41, 5.74) is -0.531. The van der Waals surface area contributed by atoms with Gasteiger partial charge in [0.15, 0.2) is 5.75 Å². The summed E-state index contributed by atoms with van der Waals surface area (Å²) < 4.78 is 15.0. The zero-order valence-electron chi connectivity index (χ0n) is 8.81. The maximum atomic E-state index is 11.3. The minimum absolute atomic E-state index is 0.0590. The van der Waals surface area contributed by atoms with E-state index in [0.717, 1.165) is 0 Å². The highest BCUT2D eigenvalue weighted by Gasteiger charge is 2.17. The number of methoxy groups -OCH3 is 2. The molecular formula is C11H10O5. The number of ether oxygens (including phenoxy) is 2. The van der Waals surface area contributed by atoms with Crippen molar-refractivity contribution in [2.75, 3.05) is 14.2 Å². The summed E-state index contributed by atoms with van der Waals surface area (Å²) in [6.45, 7) is 0. The van der Waals surface area contributed by atoms with E-state index >= 15 is 0 Å². The summed E-state index contributed by atoms with van der Waals surface area (Å²) in [4.78, 5) is 11.3. The lowest BCUT2D eigenvalue weighted by Gasteiger charge is -2.09. The van der Waals surface area contributed by atoms with Crippen LogP contribution in [0, 0.1) is 0 Å². The molecule has 84 valence electrons. The van der Waals surface area contributed by atoms with Crippen LogP contribution in [-0.4, -0.2) is 19.3 Å². The summed E-state index contributed by atoms with van der Waals surface area (Å²) in [7, 11) is 2.84. The van der Waals surface area contributed by atoms with E-state index in [1.54, 1.807) is 18.2 Å². The molecule has 0 unspecified atom stereocenters. The molecule has 0 radical (unpaired) electrons. The van der Waals surface area contributed by atoms with Crippen LogP contribution in [0.4, 0.5) is 0 Å². The van der Waals surface area contributed by atoms with Gasteiger partial charge in [0.2, 0.25) is 5.75 Å². The monoisotopic (exact) mass is 222 g/mol. The molecule has 1 aromatic carbocycles. The highest BCUT2D eigenvalue weighted by Crippen LogP contribution is 2.37. The van der Waals surface area contributed by atoms with E-state index in [-0.39, 0.29) is 5.75 Å². The lowest BCUT2D eigenvalue weighted by Crippen LogP contribution is -2.01. The first-order chi connectivity index (χ1) is 7.69. The summed E-state index contributed by atoms with van der Waals surface area (Å²) in [5.74, 6) is -0.0309. The van der Waals surface area contributed by atoms with Gasteiger partial charge in [-0.3, -0.25) is 0 Å². The third-order valence-electron chi connectivity index (χ3n) is 2.25. The molecule has 1 N–H and O–H groups in total. The quantitative estimate of drug-likeness (QED) is 0.780. The number of aromatic hydroxyl groups is 1. The molecule has 0 spiro atoms. The van der Waals surface area contributed by atoms with E-state index in [2.05, 4.69) is 0 Å². The minimum Gasteiger partial charge on any atom is -0.499 e. The van der Waals surface area contributed by atoms with Gasteiger partial charge in [0.1, 0.15) is 16.7 Å². The van der Waals surface area contributed by atoms with E-state index in [0.29, 0.717) is 16.7 Å². The Kier molecular flexibility index (Phi) is 2.44. The standard InChI is InChI=1S/C11H10O5/c1-14-6-4-3-5-7-8(6)10(15-2)9(12)11(13)16-7/h3-5,12H,1-2H3. The second-order valence-electron chi connectivity index (χ2n) is 3.10. The van der Waals surface area contributed by atoms with E-state index in [1.807, 2.05) is 0 Å². The number of hydrogen-bond donors (Lipinski definition) is 1. The molecule has 0 amide bonds. The van der Waals surface area contributed by atoms with Gasteiger partial charge >= 0.3 is 5.63 Å². The molecule has 1 aromatic heterocycles. The van der Waals surface area contributed by atoms with Gasteiger partial charge in [-0.2, -0.15) is 0 Å². The number of fused-ring (bicyclic) bond motifs is 1. The summed E-state index contributed by atoms with van der Waals surface area (Å²) >= 11 is 0. The number of rotatable bonds is 2. The fraction of sp³-hybridized carbons (Fsp3) is 0.182. The normalized spacial score (nSPS) is 10.4. The van der Waals surface area contributed by atoms with Crippen LogP contribution >= 0.6 is 0 Å². The molecule has 5 nitrogen and oxygen atoms in total. The Labute approximate surface area is 90.8 Å². The predicted octanol–water partition coefficient (Wildman–Crippen LogP) is 1.52.